The molecule has 1 aromatic heterocycles. The van der Waals surface area contributed by atoms with Crippen molar-refractivity contribution in [2.24, 2.45) is 5.73 Å². The first kappa shape index (κ1) is 16.6. The van der Waals surface area contributed by atoms with E-state index in [-0.39, 0.29) is 12.1 Å². The molecule has 0 saturated carbocycles. The molecule has 2 unspecified atom stereocenters. The maximum absolute atomic E-state index is 6.01. The van der Waals surface area contributed by atoms with E-state index in [4.69, 9.17) is 19.9 Å². The zero-order chi connectivity index (χ0) is 14.1. The van der Waals surface area contributed by atoms with E-state index < -0.39 is 0 Å². The van der Waals surface area contributed by atoms with Crippen molar-refractivity contribution in [3.63, 3.8) is 0 Å². The van der Waals surface area contributed by atoms with Crippen LogP contribution in [0, 0.1) is 6.92 Å². The van der Waals surface area contributed by atoms with Crippen LogP contribution in [0.4, 0.5) is 0 Å². The van der Waals surface area contributed by atoms with Gasteiger partial charge in [-0.25, -0.2) is 0 Å². The highest BCUT2D eigenvalue weighted by molar-refractivity contribution is 7.10. The Morgan fingerprint density at radius 1 is 1.26 bits per heavy atom. The number of hydrogen-bond acceptors (Lipinski definition) is 5. The third-order valence-corrected chi connectivity index (χ3v) is 3.88. The molecule has 2 atom stereocenters. The molecule has 2 N–H and O–H groups in total. The summed E-state index contributed by atoms with van der Waals surface area (Å²) in [6.45, 7) is 6.71. The van der Waals surface area contributed by atoms with E-state index in [1.165, 1.54) is 10.4 Å². The highest BCUT2D eigenvalue weighted by Crippen LogP contribution is 2.28. The summed E-state index contributed by atoms with van der Waals surface area (Å²) in [4.78, 5) is 1.23. The van der Waals surface area contributed by atoms with Crippen LogP contribution in [-0.4, -0.2) is 39.6 Å². The van der Waals surface area contributed by atoms with Crippen LogP contribution in [0.25, 0.3) is 0 Å². The SMILES string of the molecule is COCCOCCCOC(c1sccc1C)C(C)N. The molecule has 0 radical (unpaired) electrons. The van der Waals surface area contributed by atoms with E-state index in [9.17, 15) is 0 Å². The Bertz CT molecular complexity index is 341. The van der Waals surface area contributed by atoms with Gasteiger partial charge in [0.15, 0.2) is 0 Å². The summed E-state index contributed by atoms with van der Waals surface area (Å²) in [7, 11) is 1.67. The molecule has 0 fully saturated rings. The molecule has 1 aromatic rings. The lowest BCUT2D eigenvalue weighted by atomic mass is 10.1. The maximum atomic E-state index is 6.01. The molecule has 1 rings (SSSR count). The lowest BCUT2D eigenvalue weighted by molar-refractivity contribution is 0.0157. The van der Waals surface area contributed by atoms with Gasteiger partial charge >= 0.3 is 0 Å². The zero-order valence-electron chi connectivity index (χ0n) is 12.1. The van der Waals surface area contributed by atoms with Crippen molar-refractivity contribution in [1.82, 2.24) is 0 Å². The van der Waals surface area contributed by atoms with Crippen molar-refractivity contribution in [2.45, 2.75) is 32.4 Å². The molecule has 0 aliphatic carbocycles. The van der Waals surface area contributed by atoms with Gasteiger partial charge < -0.3 is 19.9 Å². The maximum Gasteiger partial charge on any atom is 0.107 e. The highest BCUT2D eigenvalue weighted by atomic mass is 32.1. The predicted octanol–water partition coefficient (Wildman–Crippen LogP) is 2.51. The second-order valence-electron chi connectivity index (χ2n) is 4.58. The lowest BCUT2D eigenvalue weighted by Crippen LogP contribution is -2.27. The van der Waals surface area contributed by atoms with Crippen molar-refractivity contribution < 1.29 is 14.2 Å². The van der Waals surface area contributed by atoms with Gasteiger partial charge in [-0.3, -0.25) is 0 Å². The molecule has 0 bridgehead atoms. The molecule has 0 aliphatic heterocycles. The first-order valence-electron chi connectivity index (χ1n) is 6.64. The first-order chi connectivity index (χ1) is 9.16. The Hall–Kier alpha value is -0.460. The van der Waals surface area contributed by atoms with Crippen LogP contribution in [0.15, 0.2) is 11.4 Å². The normalized spacial score (nSPS) is 14.5. The largest absolute Gasteiger partial charge is 0.382 e. The van der Waals surface area contributed by atoms with Crippen molar-refractivity contribution in [1.29, 1.82) is 0 Å². The molecule has 1 heterocycles. The Kier molecular flexibility index (Phi) is 8.25. The highest BCUT2D eigenvalue weighted by Gasteiger charge is 2.19. The van der Waals surface area contributed by atoms with Gasteiger partial charge in [0.05, 0.1) is 13.2 Å². The standard InChI is InChI=1S/C14H25NO3S/c1-11-5-10-19-14(11)13(12(2)15)18-7-4-6-17-9-8-16-3/h5,10,12-13H,4,6-9,15H2,1-3H3. The van der Waals surface area contributed by atoms with Crippen LogP contribution >= 0.6 is 11.3 Å². The van der Waals surface area contributed by atoms with E-state index in [0.29, 0.717) is 26.4 Å². The van der Waals surface area contributed by atoms with Gasteiger partial charge in [0.2, 0.25) is 0 Å². The fourth-order valence-electron chi connectivity index (χ4n) is 1.76. The quantitative estimate of drug-likeness (QED) is 0.672. The number of nitrogens with two attached hydrogens (primary N) is 1. The van der Waals surface area contributed by atoms with E-state index in [1.807, 2.05) is 6.92 Å². The molecule has 5 heteroatoms. The third kappa shape index (κ3) is 6.01. The second-order valence-corrected chi connectivity index (χ2v) is 5.52. The molecule has 4 nitrogen and oxygen atoms in total. The van der Waals surface area contributed by atoms with Gasteiger partial charge in [-0.15, -0.1) is 11.3 Å². The monoisotopic (exact) mass is 287 g/mol. The van der Waals surface area contributed by atoms with Crippen molar-refractivity contribution in [3.8, 4) is 0 Å². The van der Waals surface area contributed by atoms with Crippen molar-refractivity contribution >= 4 is 11.3 Å². The van der Waals surface area contributed by atoms with Crippen molar-refractivity contribution in [3.05, 3.63) is 21.9 Å². The van der Waals surface area contributed by atoms with Gasteiger partial charge in [-0.2, -0.15) is 0 Å². The molecule has 0 aliphatic rings. The molecule has 0 aromatic carbocycles. The Morgan fingerprint density at radius 3 is 2.63 bits per heavy atom. The van der Waals surface area contributed by atoms with Crippen LogP contribution in [0.5, 0.6) is 0 Å². The van der Waals surface area contributed by atoms with Crippen LogP contribution in [0.1, 0.15) is 29.9 Å². The summed E-state index contributed by atoms with van der Waals surface area (Å²) in [6.07, 6.45) is 0.858. The predicted molar refractivity (Wildman–Crippen MR) is 78.7 cm³/mol. The van der Waals surface area contributed by atoms with E-state index in [2.05, 4.69) is 18.4 Å². The number of hydrogen-bond donors (Lipinski definition) is 1. The molecule has 19 heavy (non-hydrogen) atoms. The van der Waals surface area contributed by atoms with Gasteiger partial charge in [0.1, 0.15) is 6.10 Å². The van der Waals surface area contributed by atoms with Crippen LogP contribution in [0.2, 0.25) is 0 Å². The van der Waals surface area contributed by atoms with Crippen LogP contribution < -0.4 is 5.73 Å². The molecule has 110 valence electrons. The zero-order valence-corrected chi connectivity index (χ0v) is 12.9. The fraction of sp³-hybridized carbons (Fsp3) is 0.714. The summed E-state index contributed by atoms with van der Waals surface area (Å²) >= 11 is 1.71. The summed E-state index contributed by atoms with van der Waals surface area (Å²) < 4.78 is 16.2. The van der Waals surface area contributed by atoms with Crippen LogP contribution in [0.3, 0.4) is 0 Å². The number of methoxy groups -OCH3 is 1. The number of ether oxygens (including phenoxy) is 3. The molecular formula is C14H25NO3S. The van der Waals surface area contributed by atoms with Gasteiger partial charge in [0, 0.05) is 31.2 Å². The van der Waals surface area contributed by atoms with Crippen LogP contribution in [-0.2, 0) is 14.2 Å². The van der Waals surface area contributed by atoms with E-state index in [0.717, 1.165) is 6.42 Å². The summed E-state index contributed by atoms with van der Waals surface area (Å²) in [6, 6.07) is 2.10. The number of thiophene rings is 1. The first-order valence-corrected chi connectivity index (χ1v) is 7.52. The minimum absolute atomic E-state index is 0.00763. The Morgan fingerprint density at radius 2 is 2.05 bits per heavy atom. The topological polar surface area (TPSA) is 53.7 Å². The van der Waals surface area contributed by atoms with Gasteiger partial charge in [-0.1, -0.05) is 0 Å². The Balaban J connectivity index is 2.26. The van der Waals surface area contributed by atoms with E-state index >= 15 is 0 Å². The fourth-order valence-corrected chi connectivity index (χ4v) is 2.85. The lowest BCUT2D eigenvalue weighted by Gasteiger charge is -2.21. The molecule has 0 saturated heterocycles. The average molecular weight is 287 g/mol. The minimum atomic E-state index is -0.0148. The van der Waals surface area contributed by atoms with E-state index in [1.54, 1.807) is 18.4 Å². The summed E-state index contributed by atoms with van der Waals surface area (Å²) in [5.74, 6) is 0. The average Bonchev–Trinajstić information content (AvgIpc) is 2.78. The Labute approximate surface area is 119 Å². The summed E-state index contributed by atoms with van der Waals surface area (Å²) in [5.41, 5.74) is 7.26. The molecular weight excluding hydrogens is 262 g/mol. The van der Waals surface area contributed by atoms with Crippen molar-refractivity contribution in [2.75, 3.05) is 33.5 Å². The molecule has 0 spiro atoms. The summed E-state index contributed by atoms with van der Waals surface area (Å²) in [5, 5.41) is 2.08. The number of aryl methyl sites for hydroxylation is 1. The van der Waals surface area contributed by atoms with Gasteiger partial charge in [-0.05, 0) is 37.3 Å². The van der Waals surface area contributed by atoms with Gasteiger partial charge in [0.25, 0.3) is 0 Å². The smallest absolute Gasteiger partial charge is 0.107 e. The molecule has 0 amide bonds. The third-order valence-electron chi connectivity index (χ3n) is 2.80. The second kappa shape index (κ2) is 9.44. The minimum Gasteiger partial charge on any atom is -0.382 e. The number of rotatable bonds is 10.